The Hall–Kier alpha value is -2.05. The Morgan fingerprint density at radius 2 is 1.09 bits per heavy atom. The highest BCUT2D eigenvalue weighted by Crippen LogP contribution is 2.58. The van der Waals surface area contributed by atoms with Crippen molar-refractivity contribution in [3.8, 4) is 0 Å². The lowest BCUT2D eigenvalue weighted by Gasteiger charge is -2.43. The summed E-state index contributed by atoms with van der Waals surface area (Å²) in [6.07, 6.45) is 0. The molecule has 0 amide bonds. The fraction of sp³-hybridized carbons (Fsp3) is 0.182. The van der Waals surface area contributed by atoms with Crippen molar-refractivity contribution in [2.45, 2.75) is 25.7 Å². The first-order valence-corrected chi connectivity index (χ1v) is 8.53. The number of benzene rings is 3. The highest BCUT2D eigenvalue weighted by atomic mass is 35.5. The minimum absolute atomic E-state index is 0.272. The lowest BCUT2D eigenvalue weighted by molar-refractivity contribution is 0.747. The number of halogens is 1. The van der Waals surface area contributed by atoms with Crippen LogP contribution in [0.5, 0.6) is 0 Å². The summed E-state index contributed by atoms with van der Waals surface area (Å²) in [7, 11) is 0. The van der Waals surface area contributed by atoms with Gasteiger partial charge in [-0.1, -0.05) is 66.2 Å². The molecule has 0 spiro atoms. The first-order chi connectivity index (χ1) is 11.2. The summed E-state index contributed by atoms with van der Waals surface area (Å²) in [4.78, 5) is 0. The molecule has 112 valence electrons. The van der Waals surface area contributed by atoms with Crippen molar-refractivity contribution in [1.29, 1.82) is 0 Å². The van der Waals surface area contributed by atoms with Gasteiger partial charge in [-0.15, -0.1) is 0 Å². The van der Waals surface area contributed by atoms with Crippen LogP contribution in [-0.4, -0.2) is 0 Å². The molecule has 0 heterocycles. The zero-order valence-electron chi connectivity index (χ0n) is 13.2. The van der Waals surface area contributed by atoms with Crippen molar-refractivity contribution in [2.75, 3.05) is 0 Å². The average Bonchev–Trinajstić information content (AvgIpc) is 2.59. The third-order valence-corrected chi connectivity index (χ3v) is 6.05. The molecule has 3 aliphatic rings. The zero-order valence-corrected chi connectivity index (χ0v) is 14.0. The molecule has 0 radical (unpaired) electrons. The van der Waals surface area contributed by atoms with E-state index in [0.29, 0.717) is 5.92 Å². The Bertz CT molecular complexity index is 920. The lowest BCUT2D eigenvalue weighted by atomic mass is 9.60. The summed E-state index contributed by atoms with van der Waals surface area (Å²) in [6.45, 7) is 4.35. The highest BCUT2D eigenvalue weighted by Gasteiger charge is 2.43. The van der Waals surface area contributed by atoms with Crippen molar-refractivity contribution < 1.29 is 0 Å². The lowest BCUT2D eigenvalue weighted by Crippen LogP contribution is -2.28. The summed E-state index contributed by atoms with van der Waals surface area (Å²) < 4.78 is 0. The van der Waals surface area contributed by atoms with Crippen molar-refractivity contribution in [1.82, 2.24) is 0 Å². The van der Waals surface area contributed by atoms with E-state index in [9.17, 15) is 0 Å². The Labute approximate surface area is 141 Å². The largest absolute Gasteiger partial charge is 0.0837 e. The monoisotopic (exact) mass is 316 g/mol. The van der Waals surface area contributed by atoms with Gasteiger partial charge in [0.1, 0.15) is 0 Å². The third kappa shape index (κ3) is 1.57. The Morgan fingerprint density at radius 1 is 0.652 bits per heavy atom. The Kier molecular flexibility index (Phi) is 2.61. The molecule has 23 heavy (non-hydrogen) atoms. The van der Waals surface area contributed by atoms with Crippen molar-refractivity contribution in [2.24, 2.45) is 0 Å². The molecule has 0 unspecified atom stereocenters. The van der Waals surface area contributed by atoms with Gasteiger partial charge in [-0.05, 0) is 58.4 Å². The molecule has 6 rings (SSSR count). The Morgan fingerprint density at radius 3 is 1.57 bits per heavy atom. The van der Waals surface area contributed by atoms with Gasteiger partial charge >= 0.3 is 0 Å². The van der Waals surface area contributed by atoms with Crippen LogP contribution in [0.25, 0.3) is 0 Å². The minimum Gasteiger partial charge on any atom is -0.0837 e. The molecule has 0 aromatic heterocycles. The van der Waals surface area contributed by atoms with Crippen LogP contribution in [0.1, 0.15) is 56.3 Å². The van der Waals surface area contributed by atoms with Gasteiger partial charge in [0.15, 0.2) is 0 Å². The van der Waals surface area contributed by atoms with Gasteiger partial charge in [0.05, 0.1) is 0 Å². The summed E-state index contributed by atoms with van der Waals surface area (Å²) in [5.74, 6) is 0.592. The number of hydrogen-bond donors (Lipinski definition) is 0. The summed E-state index contributed by atoms with van der Waals surface area (Å²) in [5, 5.41) is 0.949. The first-order valence-electron chi connectivity index (χ1n) is 8.15. The molecular formula is C22H17Cl. The maximum Gasteiger partial charge on any atom is 0.0480 e. The molecular weight excluding hydrogens is 300 g/mol. The van der Waals surface area contributed by atoms with Crippen LogP contribution in [0, 0.1) is 13.8 Å². The van der Waals surface area contributed by atoms with Crippen LogP contribution in [0.15, 0.2) is 54.6 Å². The van der Waals surface area contributed by atoms with Gasteiger partial charge in [0, 0.05) is 16.9 Å². The van der Waals surface area contributed by atoms with E-state index in [1.165, 1.54) is 44.5 Å². The van der Waals surface area contributed by atoms with Crippen LogP contribution in [-0.2, 0) is 0 Å². The van der Waals surface area contributed by atoms with Gasteiger partial charge in [0.2, 0.25) is 0 Å². The molecule has 0 nitrogen and oxygen atoms in total. The molecule has 1 heteroatoms. The summed E-state index contributed by atoms with van der Waals surface area (Å²) in [5.41, 5.74) is 11.1. The van der Waals surface area contributed by atoms with Crippen LogP contribution < -0.4 is 0 Å². The van der Waals surface area contributed by atoms with E-state index in [2.05, 4.69) is 68.4 Å². The second kappa shape index (κ2) is 4.49. The van der Waals surface area contributed by atoms with Crippen molar-refractivity contribution >= 4 is 11.6 Å². The highest BCUT2D eigenvalue weighted by molar-refractivity contribution is 6.32. The van der Waals surface area contributed by atoms with Gasteiger partial charge in [0.25, 0.3) is 0 Å². The number of hydrogen-bond acceptors (Lipinski definition) is 0. The van der Waals surface area contributed by atoms with Crippen LogP contribution in [0.4, 0.5) is 0 Å². The fourth-order valence-electron chi connectivity index (χ4n) is 4.70. The predicted octanol–water partition coefficient (Wildman–Crippen LogP) is 5.94. The fourth-order valence-corrected chi connectivity index (χ4v) is 4.97. The second-order valence-electron chi connectivity index (χ2n) is 6.78. The molecule has 3 aromatic rings. The van der Waals surface area contributed by atoms with E-state index in [0.717, 1.165) is 5.02 Å². The molecule has 0 aliphatic heterocycles. The topological polar surface area (TPSA) is 0 Å². The molecule has 2 bridgehead atoms. The van der Waals surface area contributed by atoms with Crippen molar-refractivity contribution in [3.63, 3.8) is 0 Å². The van der Waals surface area contributed by atoms with Gasteiger partial charge in [-0.3, -0.25) is 0 Å². The molecule has 0 saturated carbocycles. The maximum atomic E-state index is 6.81. The standard InChI is InChI=1S/C22H17Cl/c1-12-11-13(2)22(23)21-18(12)19-14-7-3-5-9-16(14)20(21)17-10-6-4-8-15(17)19/h3-11,19-20H,1-2H3. The third-order valence-electron chi connectivity index (χ3n) is 5.54. The summed E-state index contributed by atoms with van der Waals surface area (Å²) >= 11 is 6.81. The minimum atomic E-state index is 0.272. The molecule has 0 fully saturated rings. The molecule has 0 N–H and O–H groups in total. The van der Waals surface area contributed by atoms with Crippen LogP contribution in [0.2, 0.25) is 5.02 Å². The van der Waals surface area contributed by atoms with E-state index in [1.54, 1.807) is 0 Å². The van der Waals surface area contributed by atoms with Crippen LogP contribution in [0.3, 0.4) is 0 Å². The molecule has 0 saturated heterocycles. The predicted molar refractivity (Wildman–Crippen MR) is 95.7 cm³/mol. The van der Waals surface area contributed by atoms with E-state index in [4.69, 9.17) is 11.6 Å². The second-order valence-corrected chi connectivity index (χ2v) is 7.15. The van der Waals surface area contributed by atoms with Crippen molar-refractivity contribution in [3.05, 3.63) is 104 Å². The first kappa shape index (κ1) is 13.4. The molecule has 3 aliphatic carbocycles. The van der Waals surface area contributed by atoms with E-state index < -0.39 is 0 Å². The molecule has 3 aromatic carbocycles. The maximum absolute atomic E-state index is 6.81. The van der Waals surface area contributed by atoms with Gasteiger partial charge < -0.3 is 0 Å². The number of rotatable bonds is 0. The van der Waals surface area contributed by atoms with E-state index >= 15 is 0 Å². The Balaban J connectivity index is 1.96. The number of aryl methyl sites for hydroxylation is 2. The zero-order chi connectivity index (χ0) is 15.7. The van der Waals surface area contributed by atoms with E-state index in [-0.39, 0.29) is 5.92 Å². The smallest absolute Gasteiger partial charge is 0.0480 e. The van der Waals surface area contributed by atoms with Gasteiger partial charge in [-0.2, -0.15) is 0 Å². The SMILES string of the molecule is Cc1cc(C)c2c(c1Cl)C1c3ccccc3C2c2ccccc21. The average molecular weight is 317 g/mol. The van der Waals surface area contributed by atoms with Crippen LogP contribution >= 0.6 is 11.6 Å². The van der Waals surface area contributed by atoms with E-state index in [1.807, 2.05) is 0 Å². The normalized spacial score (nSPS) is 20.0. The summed E-state index contributed by atoms with van der Waals surface area (Å²) in [6, 6.07) is 20.0. The molecule has 0 atom stereocenters. The van der Waals surface area contributed by atoms with Gasteiger partial charge in [-0.25, -0.2) is 0 Å². The quantitative estimate of drug-likeness (QED) is 0.331.